The van der Waals surface area contributed by atoms with Gasteiger partial charge in [0.2, 0.25) is 5.91 Å². The summed E-state index contributed by atoms with van der Waals surface area (Å²) >= 11 is 0. The summed E-state index contributed by atoms with van der Waals surface area (Å²) in [6.45, 7) is 4.01. The van der Waals surface area contributed by atoms with E-state index in [2.05, 4.69) is 44.7 Å². The van der Waals surface area contributed by atoms with Crippen molar-refractivity contribution in [1.29, 1.82) is 0 Å². The number of carbonyl (C=O) groups is 1. The number of amides is 1. The monoisotopic (exact) mass is 426 g/mol. The molecule has 1 amide bonds. The molecule has 2 aromatic heterocycles. The fourth-order valence-electron chi connectivity index (χ4n) is 4.22. The SMILES string of the molecule is COc1ccc(-c2cnnc(-n3nc(C)c4c3NC(=O)CC4c3ccccc3C)n2)cc1. The zero-order valence-corrected chi connectivity index (χ0v) is 18.0. The van der Waals surface area contributed by atoms with Crippen LogP contribution < -0.4 is 10.1 Å². The normalized spacial score (nSPS) is 15.2. The molecule has 8 heteroatoms. The van der Waals surface area contributed by atoms with Crippen LogP contribution in [0.5, 0.6) is 5.75 Å². The molecule has 0 aliphatic carbocycles. The Bertz CT molecular complexity index is 1310. The van der Waals surface area contributed by atoms with Crippen molar-refractivity contribution >= 4 is 11.7 Å². The number of ether oxygens (including phenoxy) is 1. The Labute approximate surface area is 185 Å². The van der Waals surface area contributed by atoms with Crippen LogP contribution in [0.1, 0.15) is 34.7 Å². The molecule has 8 nitrogen and oxygen atoms in total. The predicted molar refractivity (Wildman–Crippen MR) is 120 cm³/mol. The number of carbonyl (C=O) groups excluding carboxylic acids is 1. The average molecular weight is 426 g/mol. The Hall–Kier alpha value is -4.07. The highest BCUT2D eigenvalue weighted by molar-refractivity contribution is 5.95. The second kappa shape index (κ2) is 7.88. The number of fused-ring (bicyclic) bond motifs is 1. The van der Waals surface area contributed by atoms with E-state index in [4.69, 9.17) is 4.74 Å². The average Bonchev–Trinajstić information content (AvgIpc) is 3.15. The van der Waals surface area contributed by atoms with Gasteiger partial charge in [-0.3, -0.25) is 4.79 Å². The minimum atomic E-state index is -0.0774. The summed E-state index contributed by atoms with van der Waals surface area (Å²) in [6.07, 6.45) is 1.97. The molecule has 0 saturated carbocycles. The smallest absolute Gasteiger partial charge is 0.272 e. The van der Waals surface area contributed by atoms with Crippen molar-refractivity contribution in [3.63, 3.8) is 0 Å². The number of rotatable bonds is 4. The van der Waals surface area contributed by atoms with Crippen LogP contribution in [0.3, 0.4) is 0 Å². The van der Waals surface area contributed by atoms with Gasteiger partial charge in [-0.25, -0.2) is 4.98 Å². The molecular formula is C24H22N6O2. The van der Waals surface area contributed by atoms with Gasteiger partial charge in [0.05, 0.1) is 24.7 Å². The lowest BCUT2D eigenvalue weighted by Gasteiger charge is -2.25. The van der Waals surface area contributed by atoms with Gasteiger partial charge in [-0.05, 0) is 49.2 Å². The molecule has 1 atom stereocenters. The number of nitrogens with zero attached hydrogens (tertiary/aromatic N) is 5. The van der Waals surface area contributed by atoms with E-state index >= 15 is 0 Å². The quantitative estimate of drug-likeness (QED) is 0.533. The Morgan fingerprint density at radius 1 is 1.09 bits per heavy atom. The van der Waals surface area contributed by atoms with Gasteiger partial charge in [-0.15, -0.1) is 5.10 Å². The van der Waals surface area contributed by atoms with Crippen molar-refractivity contribution in [2.75, 3.05) is 12.4 Å². The maximum atomic E-state index is 12.6. The number of aromatic nitrogens is 5. The minimum Gasteiger partial charge on any atom is -0.497 e. The van der Waals surface area contributed by atoms with Gasteiger partial charge in [0.25, 0.3) is 5.95 Å². The Morgan fingerprint density at radius 3 is 2.62 bits per heavy atom. The van der Waals surface area contributed by atoms with E-state index in [-0.39, 0.29) is 11.8 Å². The van der Waals surface area contributed by atoms with Crippen molar-refractivity contribution in [3.05, 3.63) is 77.1 Å². The highest BCUT2D eigenvalue weighted by atomic mass is 16.5. The van der Waals surface area contributed by atoms with Crippen LogP contribution in [-0.4, -0.2) is 38.0 Å². The van der Waals surface area contributed by atoms with E-state index in [1.54, 1.807) is 18.0 Å². The van der Waals surface area contributed by atoms with E-state index in [1.165, 1.54) is 0 Å². The van der Waals surface area contributed by atoms with Crippen LogP contribution in [0.4, 0.5) is 5.82 Å². The van der Waals surface area contributed by atoms with Gasteiger partial charge in [0.1, 0.15) is 11.6 Å². The molecule has 0 radical (unpaired) electrons. The van der Waals surface area contributed by atoms with E-state index in [0.29, 0.717) is 23.9 Å². The molecule has 0 bridgehead atoms. The molecule has 1 unspecified atom stereocenters. The molecular weight excluding hydrogens is 404 g/mol. The summed E-state index contributed by atoms with van der Waals surface area (Å²) < 4.78 is 6.80. The van der Waals surface area contributed by atoms with Crippen molar-refractivity contribution in [2.45, 2.75) is 26.2 Å². The maximum Gasteiger partial charge on any atom is 0.272 e. The molecule has 32 heavy (non-hydrogen) atoms. The first-order valence-corrected chi connectivity index (χ1v) is 10.3. The fourth-order valence-corrected chi connectivity index (χ4v) is 4.22. The Morgan fingerprint density at radius 2 is 1.88 bits per heavy atom. The zero-order chi connectivity index (χ0) is 22.2. The molecule has 1 N–H and O–H groups in total. The topological polar surface area (TPSA) is 94.8 Å². The molecule has 5 rings (SSSR count). The van der Waals surface area contributed by atoms with Gasteiger partial charge >= 0.3 is 0 Å². The summed E-state index contributed by atoms with van der Waals surface area (Å²) in [5.74, 6) is 1.52. The highest BCUT2D eigenvalue weighted by Gasteiger charge is 2.33. The number of hydrogen-bond acceptors (Lipinski definition) is 6. The van der Waals surface area contributed by atoms with Crippen LogP contribution in [0, 0.1) is 13.8 Å². The predicted octanol–water partition coefficient (Wildman–Crippen LogP) is 3.82. The van der Waals surface area contributed by atoms with Gasteiger partial charge in [-0.1, -0.05) is 24.3 Å². The van der Waals surface area contributed by atoms with Crippen molar-refractivity contribution < 1.29 is 9.53 Å². The summed E-state index contributed by atoms with van der Waals surface area (Å²) in [5, 5.41) is 16.0. The van der Waals surface area contributed by atoms with Gasteiger partial charge in [-0.2, -0.15) is 14.9 Å². The maximum absolute atomic E-state index is 12.6. The lowest BCUT2D eigenvalue weighted by atomic mass is 9.84. The third-order valence-electron chi connectivity index (χ3n) is 5.79. The van der Waals surface area contributed by atoms with Crippen LogP contribution >= 0.6 is 0 Å². The molecule has 4 aromatic rings. The van der Waals surface area contributed by atoms with Gasteiger partial charge in [0, 0.05) is 23.5 Å². The first kappa shape index (κ1) is 19.9. The molecule has 1 aliphatic rings. The number of aryl methyl sites for hydroxylation is 2. The van der Waals surface area contributed by atoms with Crippen LogP contribution in [0.15, 0.2) is 54.7 Å². The summed E-state index contributed by atoms with van der Waals surface area (Å²) in [6, 6.07) is 15.7. The Kier molecular flexibility index (Phi) is 4.89. The van der Waals surface area contributed by atoms with Crippen LogP contribution in [0.25, 0.3) is 17.2 Å². The number of anilines is 1. The van der Waals surface area contributed by atoms with E-state index in [0.717, 1.165) is 33.7 Å². The molecule has 1 aliphatic heterocycles. The number of methoxy groups -OCH3 is 1. The van der Waals surface area contributed by atoms with E-state index in [1.807, 2.05) is 43.3 Å². The number of hydrogen-bond donors (Lipinski definition) is 1. The standard InChI is InChI=1S/C24H22N6O2/c1-14-6-4-5-7-18(14)19-12-21(31)27-23-22(19)15(2)29-30(23)24-26-20(13-25-28-24)16-8-10-17(32-3)11-9-16/h4-11,13,19H,12H2,1-3H3,(H,27,31). The van der Waals surface area contributed by atoms with E-state index in [9.17, 15) is 4.79 Å². The third kappa shape index (κ3) is 3.39. The number of nitrogens with one attached hydrogen (secondary N) is 1. The highest BCUT2D eigenvalue weighted by Crippen LogP contribution is 2.40. The first-order chi connectivity index (χ1) is 15.5. The first-order valence-electron chi connectivity index (χ1n) is 10.3. The van der Waals surface area contributed by atoms with Crippen LogP contribution in [-0.2, 0) is 4.79 Å². The third-order valence-corrected chi connectivity index (χ3v) is 5.79. The van der Waals surface area contributed by atoms with Crippen molar-refractivity contribution in [1.82, 2.24) is 25.0 Å². The van der Waals surface area contributed by atoms with Crippen molar-refractivity contribution in [2.24, 2.45) is 0 Å². The van der Waals surface area contributed by atoms with Crippen molar-refractivity contribution in [3.8, 4) is 23.0 Å². The molecule has 0 spiro atoms. The summed E-state index contributed by atoms with van der Waals surface area (Å²) in [7, 11) is 1.63. The Balaban J connectivity index is 1.60. The molecule has 160 valence electrons. The summed E-state index contributed by atoms with van der Waals surface area (Å²) in [4.78, 5) is 17.3. The fraction of sp³-hybridized carbons (Fsp3) is 0.208. The van der Waals surface area contributed by atoms with Gasteiger partial charge < -0.3 is 10.1 Å². The molecule has 0 fully saturated rings. The molecule has 3 heterocycles. The van der Waals surface area contributed by atoms with Crippen LogP contribution in [0.2, 0.25) is 0 Å². The second-order valence-electron chi connectivity index (χ2n) is 7.79. The van der Waals surface area contributed by atoms with E-state index < -0.39 is 0 Å². The zero-order valence-electron chi connectivity index (χ0n) is 18.0. The largest absolute Gasteiger partial charge is 0.497 e. The minimum absolute atomic E-state index is 0.0637. The lowest BCUT2D eigenvalue weighted by molar-refractivity contribution is -0.116. The number of benzene rings is 2. The second-order valence-corrected chi connectivity index (χ2v) is 7.79. The lowest BCUT2D eigenvalue weighted by Crippen LogP contribution is -2.25. The summed E-state index contributed by atoms with van der Waals surface area (Å²) in [5.41, 5.74) is 5.60. The molecule has 2 aromatic carbocycles. The molecule has 0 saturated heterocycles. The van der Waals surface area contributed by atoms with Gasteiger partial charge in [0.15, 0.2) is 0 Å².